The monoisotopic (exact) mass is 386 g/mol. The summed E-state index contributed by atoms with van der Waals surface area (Å²) in [5, 5.41) is 1.05. The zero-order chi connectivity index (χ0) is 19.1. The average molecular weight is 387 g/mol. The van der Waals surface area contributed by atoms with Crippen molar-refractivity contribution in [3.63, 3.8) is 0 Å². The molecule has 138 valence electrons. The number of rotatable bonds is 4. The van der Waals surface area contributed by atoms with Crippen LogP contribution in [0.2, 0.25) is 18.1 Å². The van der Waals surface area contributed by atoms with E-state index in [1.807, 2.05) is 37.3 Å². The largest absolute Gasteiger partial charge is 0.413 e. The van der Waals surface area contributed by atoms with Gasteiger partial charge >= 0.3 is 0 Å². The Balaban J connectivity index is 1.99. The molecule has 1 heterocycles. The van der Waals surface area contributed by atoms with Crippen LogP contribution < -0.4 is 0 Å². The van der Waals surface area contributed by atoms with Crippen molar-refractivity contribution >= 4 is 29.7 Å². The highest BCUT2D eigenvalue weighted by Gasteiger charge is 2.37. The molecule has 0 aliphatic heterocycles. The van der Waals surface area contributed by atoms with Gasteiger partial charge in [0.15, 0.2) is 13.4 Å². The first-order valence-corrected chi connectivity index (χ1v) is 12.7. The molecule has 0 aliphatic rings. The van der Waals surface area contributed by atoms with Gasteiger partial charge in [-0.25, -0.2) is 0 Å². The molecule has 26 heavy (non-hydrogen) atoms. The number of aryl methyl sites for hydroxylation is 1. The van der Waals surface area contributed by atoms with Gasteiger partial charge in [-0.2, -0.15) is 4.39 Å². The Kier molecular flexibility index (Phi) is 5.12. The Morgan fingerprint density at radius 3 is 2.42 bits per heavy atom. The molecule has 0 N–H and O–H groups in total. The first kappa shape index (κ1) is 19.3. The number of fused-ring (bicyclic) bond motifs is 1. The van der Waals surface area contributed by atoms with Crippen molar-refractivity contribution in [3.8, 4) is 11.1 Å². The van der Waals surface area contributed by atoms with Crippen molar-refractivity contribution in [1.82, 2.24) is 0 Å². The van der Waals surface area contributed by atoms with E-state index in [0.717, 1.165) is 32.3 Å². The standard InChI is InChI=1S/C22H27FOSSi/c1-15-9-7-8-10-17(15)20-18-13-16(11-12-19(18)25-21(20)23)14-24-26(5,6)22(2,3)4/h7-13H,14H2,1-6H3. The first-order chi connectivity index (χ1) is 12.1. The highest BCUT2D eigenvalue weighted by Crippen LogP contribution is 2.40. The summed E-state index contributed by atoms with van der Waals surface area (Å²) in [6.45, 7) is 13.9. The van der Waals surface area contributed by atoms with Crippen LogP contribution in [0.3, 0.4) is 0 Å². The summed E-state index contributed by atoms with van der Waals surface area (Å²) in [5.74, 6) is 0. The van der Waals surface area contributed by atoms with Crippen molar-refractivity contribution in [1.29, 1.82) is 0 Å². The minimum atomic E-state index is -1.81. The topological polar surface area (TPSA) is 9.23 Å². The van der Waals surface area contributed by atoms with E-state index in [2.05, 4.69) is 46.0 Å². The number of hydrogen-bond acceptors (Lipinski definition) is 2. The van der Waals surface area contributed by atoms with Crippen LogP contribution in [0.4, 0.5) is 4.39 Å². The molecule has 0 saturated carbocycles. The molecule has 0 fully saturated rings. The van der Waals surface area contributed by atoms with Crippen LogP contribution in [0.5, 0.6) is 0 Å². The third kappa shape index (κ3) is 3.64. The van der Waals surface area contributed by atoms with E-state index >= 15 is 0 Å². The van der Waals surface area contributed by atoms with Crippen molar-refractivity contribution in [2.75, 3.05) is 0 Å². The predicted molar refractivity (Wildman–Crippen MR) is 114 cm³/mol. The van der Waals surface area contributed by atoms with E-state index < -0.39 is 8.32 Å². The average Bonchev–Trinajstić information content (AvgIpc) is 2.87. The quantitative estimate of drug-likeness (QED) is 0.421. The number of benzene rings is 2. The molecular weight excluding hydrogens is 359 g/mol. The van der Waals surface area contributed by atoms with Crippen LogP contribution in [0.15, 0.2) is 42.5 Å². The first-order valence-electron chi connectivity index (χ1n) is 9.01. The summed E-state index contributed by atoms with van der Waals surface area (Å²) in [6, 6.07) is 14.2. The molecule has 3 rings (SSSR count). The molecule has 0 bridgehead atoms. The van der Waals surface area contributed by atoms with Crippen molar-refractivity contribution in [3.05, 3.63) is 58.7 Å². The molecule has 0 spiro atoms. The second-order valence-electron chi connectivity index (χ2n) is 8.45. The van der Waals surface area contributed by atoms with Gasteiger partial charge in [0.05, 0.1) is 6.61 Å². The van der Waals surface area contributed by atoms with Gasteiger partial charge in [-0.1, -0.05) is 51.1 Å². The van der Waals surface area contributed by atoms with Gasteiger partial charge in [0, 0.05) is 15.6 Å². The smallest absolute Gasteiger partial charge is 0.192 e. The van der Waals surface area contributed by atoms with Crippen LogP contribution in [0.25, 0.3) is 21.2 Å². The van der Waals surface area contributed by atoms with E-state index in [-0.39, 0.29) is 10.2 Å². The predicted octanol–water partition coefficient (Wildman–Crippen LogP) is 7.54. The normalized spacial score (nSPS) is 12.7. The van der Waals surface area contributed by atoms with Crippen molar-refractivity contribution in [2.24, 2.45) is 0 Å². The zero-order valence-corrected chi connectivity index (χ0v) is 18.3. The Morgan fingerprint density at radius 1 is 1.08 bits per heavy atom. The minimum absolute atomic E-state index is 0.114. The lowest BCUT2D eigenvalue weighted by atomic mass is 9.99. The summed E-state index contributed by atoms with van der Waals surface area (Å²) in [4.78, 5) is 0. The molecule has 1 aromatic heterocycles. The SMILES string of the molecule is Cc1ccccc1-c1c(F)sc2ccc(CO[Si](C)(C)C(C)(C)C)cc12. The fourth-order valence-corrected chi connectivity index (χ4v) is 4.67. The van der Waals surface area contributed by atoms with Gasteiger partial charge in [-0.3, -0.25) is 0 Å². The van der Waals surface area contributed by atoms with Crippen LogP contribution in [-0.2, 0) is 11.0 Å². The Hall–Kier alpha value is -1.49. The zero-order valence-electron chi connectivity index (χ0n) is 16.4. The summed E-state index contributed by atoms with van der Waals surface area (Å²) in [5.41, 5.74) is 3.89. The van der Waals surface area contributed by atoms with E-state index in [1.54, 1.807) is 0 Å². The van der Waals surface area contributed by atoms with Crippen LogP contribution in [0, 0.1) is 12.1 Å². The number of halogens is 1. The Morgan fingerprint density at radius 2 is 1.77 bits per heavy atom. The lowest BCUT2D eigenvalue weighted by Gasteiger charge is -2.36. The second kappa shape index (κ2) is 6.91. The van der Waals surface area contributed by atoms with Crippen LogP contribution in [0.1, 0.15) is 31.9 Å². The van der Waals surface area contributed by atoms with Gasteiger partial charge in [-0.05, 0) is 53.9 Å². The molecule has 2 aromatic carbocycles. The molecular formula is C22H27FOSSi. The van der Waals surface area contributed by atoms with E-state index in [0.29, 0.717) is 6.61 Å². The number of thiophene rings is 1. The van der Waals surface area contributed by atoms with Crippen molar-refractivity contribution in [2.45, 2.75) is 52.4 Å². The Bertz CT molecular complexity index is 937. The minimum Gasteiger partial charge on any atom is -0.413 e. The number of hydrogen-bond donors (Lipinski definition) is 0. The molecule has 0 atom stereocenters. The summed E-state index contributed by atoms with van der Waals surface area (Å²) >= 11 is 1.22. The second-order valence-corrected chi connectivity index (χ2v) is 14.3. The molecule has 0 aliphatic carbocycles. The fraction of sp³-hybridized carbons (Fsp3) is 0.364. The third-order valence-electron chi connectivity index (χ3n) is 5.53. The summed E-state index contributed by atoms with van der Waals surface area (Å²) in [7, 11) is -1.81. The van der Waals surface area contributed by atoms with Crippen molar-refractivity contribution < 1.29 is 8.82 Å². The van der Waals surface area contributed by atoms with Gasteiger partial charge < -0.3 is 4.43 Å². The fourth-order valence-electron chi connectivity index (χ4n) is 2.79. The van der Waals surface area contributed by atoms with Gasteiger partial charge in [0.1, 0.15) is 0 Å². The van der Waals surface area contributed by atoms with Gasteiger partial charge in [0.2, 0.25) is 0 Å². The van der Waals surface area contributed by atoms with E-state index in [4.69, 9.17) is 4.43 Å². The molecule has 4 heteroatoms. The maximum Gasteiger partial charge on any atom is 0.192 e. The summed E-state index contributed by atoms with van der Waals surface area (Å²) < 4.78 is 22.1. The maximum absolute atomic E-state index is 14.7. The van der Waals surface area contributed by atoms with E-state index in [1.165, 1.54) is 11.3 Å². The molecule has 0 amide bonds. The lowest BCUT2D eigenvalue weighted by Crippen LogP contribution is -2.40. The third-order valence-corrected chi connectivity index (χ3v) is 11.0. The molecule has 0 radical (unpaired) electrons. The molecule has 0 saturated heterocycles. The highest BCUT2D eigenvalue weighted by molar-refractivity contribution is 7.18. The highest BCUT2D eigenvalue weighted by atomic mass is 32.1. The van der Waals surface area contributed by atoms with Gasteiger partial charge in [-0.15, -0.1) is 11.3 Å². The maximum atomic E-state index is 14.7. The van der Waals surface area contributed by atoms with Gasteiger partial charge in [0.25, 0.3) is 0 Å². The summed E-state index contributed by atoms with van der Waals surface area (Å²) in [6.07, 6.45) is 0. The molecule has 1 nitrogen and oxygen atoms in total. The molecule has 3 aromatic rings. The lowest BCUT2D eigenvalue weighted by molar-refractivity contribution is 0.276. The molecule has 0 unspecified atom stereocenters. The Labute approximate surface area is 161 Å². The van der Waals surface area contributed by atoms with E-state index in [9.17, 15) is 4.39 Å². The van der Waals surface area contributed by atoms with Crippen LogP contribution >= 0.6 is 11.3 Å². The van der Waals surface area contributed by atoms with Crippen LogP contribution in [-0.4, -0.2) is 8.32 Å².